The molecule has 0 fully saturated rings. The molecule has 1 aromatic heterocycles. The van der Waals surface area contributed by atoms with Crippen LogP contribution in [0.15, 0.2) is 34.8 Å². The summed E-state index contributed by atoms with van der Waals surface area (Å²) < 4.78 is 1.02. The van der Waals surface area contributed by atoms with Gasteiger partial charge in [0.05, 0.1) is 0 Å². The maximum absolute atomic E-state index is 6.13. The second kappa shape index (κ2) is 6.89. The van der Waals surface area contributed by atoms with E-state index in [1.165, 1.54) is 15.3 Å². The fourth-order valence-corrected chi connectivity index (χ4v) is 3.98. The minimum absolute atomic E-state index is 0.290. The molecule has 0 saturated heterocycles. The Morgan fingerprint density at radius 1 is 1.26 bits per heavy atom. The predicted octanol–water partition coefficient (Wildman–Crippen LogP) is 5.23. The Balaban J connectivity index is 2.19. The van der Waals surface area contributed by atoms with E-state index in [1.54, 1.807) is 0 Å². The Kier molecular flexibility index (Phi) is 5.46. The smallest absolute Gasteiger partial charge is 0.0420 e. The van der Waals surface area contributed by atoms with Gasteiger partial charge in [-0.3, -0.25) is 0 Å². The highest BCUT2D eigenvalue weighted by molar-refractivity contribution is 9.10. The SMILES string of the molecule is CCc1ccc(CC(NC)c2cc(Cl)cc(Br)c2)s1. The van der Waals surface area contributed by atoms with Gasteiger partial charge in [0.15, 0.2) is 0 Å². The molecular formula is C15H17BrClNS. The fraction of sp³-hybridized carbons (Fsp3) is 0.333. The molecule has 0 saturated carbocycles. The van der Waals surface area contributed by atoms with Crippen LogP contribution in [0.25, 0.3) is 0 Å². The highest BCUT2D eigenvalue weighted by Crippen LogP contribution is 2.28. The molecule has 0 radical (unpaired) electrons. The number of nitrogens with one attached hydrogen (secondary N) is 1. The van der Waals surface area contributed by atoms with Gasteiger partial charge in [-0.2, -0.15) is 0 Å². The first-order chi connectivity index (χ1) is 9.12. The Morgan fingerprint density at radius 3 is 2.58 bits per heavy atom. The molecule has 2 aromatic rings. The van der Waals surface area contributed by atoms with Gasteiger partial charge in [0.25, 0.3) is 0 Å². The van der Waals surface area contributed by atoms with Gasteiger partial charge in [0, 0.05) is 31.7 Å². The van der Waals surface area contributed by atoms with E-state index in [-0.39, 0.29) is 0 Å². The number of aryl methyl sites for hydroxylation is 1. The van der Waals surface area contributed by atoms with Crippen molar-refractivity contribution in [2.45, 2.75) is 25.8 Å². The third-order valence-corrected chi connectivity index (χ3v) is 5.03. The number of thiophene rings is 1. The third kappa shape index (κ3) is 4.06. The summed E-state index contributed by atoms with van der Waals surface area (Å²) in [5.74, 6) is 0. The number of likely N-dealkylation sites (N-methyl/N-ethyl adjacent to an activating group) is 1. The van der Waals surface area contributed by atoms with Gasteiger partial charge >= 0.3 is 0 Å². The van der Waals surface area contributed by atoms with E-state index in [9.17, 15) is 0 Å². The number of hydrogen-bond donors (Lipinski definition) is 1. The van der Waals surface area contributed by atoms with Crippen LogP contribution in [-0.4, -0.2) is 7.05 Å². The van der Waals surface area contributed by atoms with Crippen molar-refractivity contribution < 1.29 is 0 Å². The molecule has 1 atom stereocenters. The molecule has 0 aliphatic rings. The van der Waals surface area contributed by atoms with Crippen LogP contribution in [0.1, 0.15) is 28.3 Å². The van der Waals surface area contributed by atoms with Gasteiger partial charge in [-0.1, -0.05) is 34.5 Å². The molecular weight excluding hydrogens is 342 g/mol. The fourth-order valence-electron chi connectivity index (χ4n) is 2.09. The molecule has 102 valence electrons. The van der Waals surface area contributed by atoms with Gasteiger partial charge in [0.1, 0.15) is 0 Å². The molecule has 2 rings (SSSR count). The van der Waals surface area contributed by atoms with Gasteiger partial charge in [-0.25, -0.2) is 0 Å². The lowest BCUT2D eigenvalue weighted by atomic mass is 10.0. The Morgan fingerprint density at radius 2 is 2.00 bits per heavy atom. The van der Waals surface area contributed by atoms with Crippen molar-refractivity contribution in [1.82, 2.24) is 5.32 Å². The monoisotopic (exact) mass is 357 g/mol. The molecule has 1 aromatic carbocycles. The van der Waals surface area contributed by atoms with Crippen molar-refractivity contribution in [2.75, 3.05) is 7.05 Å². The summed E-state index contributed by atoms with van der Waals surface area (Å²) in [7, 11) is 1.99. The van der Waals surface area contributed by atoms with Crippen molar-refractivity contribution in [3.05, 3.63) is 55.1 Å². The molecule has 4 heteroatoms. The Labute approximate surface area is 132 Å². The molecule has 0 aliphatic heterocycles. The minimum Gasteiger partial charge on any atom is -0.313 e. The molecule has 1 N–H and O–H groups in total. The summed E-state index contributed by atoms with van der Waals surface area (Å²) in [6.07, 6.45) is 2.10. The van der Waals surface area contributed by atoms with Gasteiger partial charge < -0.3 is 5.32 Å². The van der Waals surface area contributed by atoms with Crippen LogP contribution in [0.4, 0.5) is 0 Å². The van der Waals surface area contributed by atoms with Gasteiger partial charge in [-0.15, -0.1) is 11.3 Å². The van der Waals surface area contributed by atoms with Crippen molar-refractivity contribution in [1.29, 1.82) is 0 Å². The predicted molar refractivity (Wildman–Crippen MR) is 88.4 cm³/mol. The summed E-state index contributed by atoms with van der Waals surface area (Å²) in [5, 5.41) is 4.14. The largest absolute Gasteiger partial charge is 0.313 e. The van der Waals surface area contributed by atoms with Crippen LogP contribution in [0, 0.1) is 0 Å². The molecule has 0 spiro atoms. The summed E-state index contributed by atoms with van der Waals surface area (Å²) in [6.45, 7) is 2.19. The highest BCUT2D eigenvalue weighted by Gasteiger charge is 2.13. The summed E-state index contributed by atoms with van der Waals surface area (Å²) in [4.78, 5) is 2.85. The quantitative estimate of drug-likeness (QED) is 0.771. The first-order valence-corrected chi connectivity index (χ1v) is 8.32. The lowest BCUT2D eigenvalue weighted by Crippen LogP contribution is -2.18. The minimum atomic E-state index is 0.290. The Bertz CT molecular complexity index is 533. The summed E-state index contributed by atoms with van der Waals surface area (Å²) >= 11 is 11.5. The summed E-state index contributed by atoms with van der Waals surface area (Å²) in [5.41, 5.74) is 1.22. The standard InChI is InChI=1S/C15H17BrClNS/c1-3-13-4-5-14(19-13)9-15(18-2)10-6-11(16)8-12(17)7-10/h4-8,15,18H,3,9H2,1-2H3. The highest BCUT2D eigenvalue weighted by atomic mass is 79.9. The maximum atomic E-state index is 6.13. The first kappa shape index (κ1) is 15.0. The van der Waals surface area contributed by atoms with E-state index < -0.39 is 0 Å². The lowest BCUT2D eigenvalue weighted by molar-refractivity contribution is 0.596. The molecule has 19 heavy (non-hydrogen) atoms. The third-order valence-electron chi connectivity index (χ3n) is 3.11. The molecule has 1 heterocycles. The van der Waals surface area contributed by atoms with E-state index in [0.29, 0.717) is 6.04 Å². The van der Waals surface area contributed by atoms with E-state index in [1.807, 2.05) is 30.5 Å². The van der Waals surface area contributed by atoms with Crippen molar-refractivity contribution in [3.63, 3.8) is 0 Å². The Hall–Kier alpha value is -0.350. The first-order valence-electron chi connectivity index (χ1n) is 6.33. The molecule has 0 amide bonds. The van der Waals surface area contributed by atoms with E-state index in [4.69, 9.17) is 11.6 Å². The molecule has 0 aliphatic carbocycles. The van der Waals surface area contributed by atoms with Crippen LogP contribution < -0.4 is 5.32 Å². The van der Waals surface area contributed by atoms with Gasteiger partial charge in [0.2, 0.25) is 0 Å². The zero-order valence-electron chi connectivity index (χ0n) is 11.0. The van der Waals surface area contributed by atoms with Crippen LogP contribution >= 0.6 is 38.9 Å². The van der Waals surface area contributed by atoms with E-state index >= 15 is 0 Å². The number of rotatable bonds is 5. The zero-order chi connectivity index (χ0) is 13.8. The van der Waals surface area contributed by atoms with Crippen molar-refractivity contribution in [2.24, 2.45) is 0 Å². The van der Waals surface area contributed by atoms with Crippen LogP contribution in [0.2, 0.25) is 5.02 Å². The van der Waals surface area contributed by atoms with Crippen molar-refractivity contribution >= 4 is 38.9 Å². The second-order valence-electron chi connectivity index (χ2n) is 4.47. The van der Waals surface area contributed by atoms with Crippen LogP contribution in [0.5, 0.6) is 0 Å². The van der Waals surface area contributed by atoms with Crippen LogP contribution in [0.3, 0.4) is 0 Å². The topological polar surface area (TPSA) is 12.0 Å². The number of hydrogen-bond acceptors (Lipinski definition) is 2. The maximum Gasteiger partial charge on any atom is 0.0420 e. The second-order valence-corrected chi connectivity index (χ2v) is 7.07. The molecule has 1 nitrogen and oxygen atoms in total. The van der Waals surface area contributed by atoms with E-state index in [0.717, 1.165) is 22.3 Å². The average Bonchev–Trinajstić information content (AvgIpc) is 2.82. The van der Waals surface area contributed by atoms with Crippen molar-refractivity contribution in [3.8, 4) is 0 Å². The molecule has 0 bridgehead atoms. The average molecular weight is 359 g/mol. The molecule has 1 unspecified atom stereocenters. The van der Waals surface area contributed by atoms with E-state index in [2.05, 4.69) is 46.4 Å². The zero-order valence-corrected chi connectivity index (χ0v) is 14.2. The van der Waals surface area contributed by atoms with Crippen LogP contribution in [-0.2, 0) is 12.8 Å². The summed E-state index contributed by atoms with van der Waals surface area (Å²) in [6, 6.07) is 10.8. The number of benzene rings is 1. The number of halogens is 2. The lowest BCUT2D eigenvalue weighted by Gasteiger charge is -2.16. The normalized spacial score (nSPS) is 12.6. The van der Waals surface area contributed by atoms with Gasteiger partial charge in [-0.05, 0) is 49.4 Å².